The molecule has 0 spiro atoms. The number of rotatable bonds is 2. The lowest BCUT2D eigenvalue weighted by molar-refractivity contribution is -0.119. The Morgan fingerprint density at radius 3 is 2.09 bits per heavy atom. The molecule has 0 bridgehead atoms. The highest BCUT2D eigenvalue weighted by Gasteiger charge is 2.11. The largest absolute Gasteiger partial charge is 0.347 e. The SMILES string of the molecule is CC(=O)N[C@@H](C)/C(F)=C(/C)F. The number of nitrogens with one attached hydrogen (secondary N) is 1. The van der Waals surface area contributed by atoms with Crippen LogP contribution in [0.1, 0.15) is 20.8 Å². The molecule has 1 amide bonds. The van der Waals surface area contributed by atoms with Gasteiger partial charge in [0.25, 0.3) is 0 Å². The van der Waals surface area contributed by atoms with Crippen LogP contribution in [-0.4, -0.2) is 11.9 Å². The van der Waals surface area contributed by atoms with Gasteiger partial charge >= 0.3 is 0 Å². The van der Waals surface area contributed by atoms with Gasteiger partial charge in [0.1, 0.15) is 5.83 Å². The molecule has 1 atom stereocenters. The van der Waals surface area contributed by atoms with Gasteiger partial charge in [-0.1, -0.05) is 0 Å². The molecular weight excluding hydrogens is 152 g/mol. The molecule has 0 saturated heterocycles. The van der Waals surface area contributed by atoms with Crippen molar-refractivity contribution in [1.29, 1.82) is 0 Å². The molecule has 0 aromatic rings. The monoisotopic (exact) mass is 163 g/mol. The average Bonchev–Trinajstić information content (AvgIpc) is 1.84. The van der Waals surface area contributed by atoms with Gasteiger partial charge in [-0.2, -0.15) is 0 Å². The lowest BCUT2D eigenvalue weighted by Crippen LogP contribution is -2.31. The Kier molecular flexibility index (Phi) is 3.71. The first-order valence-corrected chi connectivity index (χ1v) is 3.24. The van der Waals surface area contributed by atoms with Crippen molar-refractivity contribution >= 4 is 5.91 Å². The van der Waals surface area contributed by atoms with E-state index in [1.807, 2.05) is 0 Å². The van der Waals surface area contributed by atoms with Crippen LogP contribution in [0.25, 0.3) is 0 Å². The molecule has 0 aromatic heterocycles. The van der Waals surface area contributed by atoms with Gasteiger partial charge in [-0.05, 0) is 13.8 Å². The Labute approximate surface area is 64.3 Å². The summed E-state index contributed by atoms with van der Waals surface area (Å²) in [6, 6.07) is -0.877. The molecule has 0 fully saturated rings. The van der Waals surface area contributed by atoms with Gasteiger partial charge in [0.2, 0.25) is 5.91 Å². The molecule has 0 radical (unpaired) electrons. The second-order valence-electron chi connectivity index (χ2n) is 2.30. The summed E-state index contributed by atoms with van der Waals surface area (Å²) in [6.45, 7) is 3.63. The van der Waals surface area contributed by atoms with Crippen LogP contribution in [-0.2, 0) is 4.79 Å². The minimum Gasteiger partial charge on any atom is -0.347 e. The molecule has 0 aliphatic heterocycles. The van der Waals surface area contributed by atoms with Crippen LogP contribution in [0, 0.1) is 0 Å². The van der Waals surface area contributed by atoms with Crippen LogP contribution in [0.15, 0.2) is 11.7 Å². The minimum atomic E-state index is -0.930. The number of hydrogen-bond donors (Lipinski definition) is 1. The number of hydrogen-bond acceptors (Lipinski definition) is 1. The average molecular weight is 163 g/mol. The summed E-state index contributed by atoms with van der Waals surface area (Å²) in [4.78, 5) is 10.4. The molecular formula is C7H11F2NO. The summed E-state index contributed by atoms with van der Waals surface area (Å²) in [7, 11) is 0. The van der Waals surface area contributed by atoms with Crippen molar-refractivity contribution in [1.82, 2.24) is 5.32 Å². The summed E-state index contributed by atoms with van der Waals surface area (Å²) in [5.41, 5.74) is 0. The molecule has 0 rings (SSSR count). The Morgan fingerprint density at radius 1 is 1.36 bits per heavy atom. The molecule has 0 saturated carbocycles. The van der Waals surface area contributed by atoms with E-state index in [4.69, 9.17) is 0 Å². The van der Waals surface area contributed by atoms with Crippen LogP contribution in [0.5, 0.6) is 0 Å². The third kappa shape index (κ3) is 3.70. The maximum Gasteiger partial charge on any atom is 0.217 e. The molecule has 0 unspecified atom stereocenters. The van der Waals surface area contributed by atoms with E-state index in [9.17, 15) is 13.6 Å². The zero-order valence-corrected chi connectivity index (χ0v) is 6.74. The molecule has 4 heteroatoms. The van der Waals surface area contributed by atoms with E-state index >= 15 is 0 Å². The summed E-state index contributed by atoms with van der Waals surface area (Å²) >= 11 is 0. The van der Waals surface area contributed by atoms with Crippen molar-refractivity contribution in [3.8, 4) is 0 Å². The molecule has 0 heterocycles. The quantitative estimate of drug-likeness (QED) is 0.659. The highest BCUT2D eigenvalue weighted by molar-refractivity contribution is 5.73. The minimum absolute atomic E-state index is 0.381. The van der Waals surface area contributed by atoms with Crippen LogP contribution in [0.2, 0.25) is 0 Å². The van der Waals surface area contributed by atoms with Crippen molar-refractivity contribution in [2.24, 2.45) is 0 Å². The summed E-state index contributed by atoms with van der Waals surface area (Å²) in [6.07, 6.45) is 0. The molecule has 0 aliphatic rings. The van der Waals surface area contributed by atoms with Crippen molar-refractivity contribution in [2.75, 3.05) is 0 Å². The van der Waals surface area contributed by atoms with Gasteiger partial charge in [0.05, 0.1) is 6.04 Å². The third-order valence-electron chi connectivity index (χ3n) is 1.13. The lowest BCUT2D eigenvalue weighted by Gasteiger charge is -2.09. The predicted molar refractivity (Wildman–Crippen MR) is 38.2 cm³/mol. The van der Waals surface area contributed by atoms with Crippen LogP contribution < -0.4 is 5.32 Å². The van der Waals surface area contributed by atoms with Gasteiger partial charge in [-0.25, -0.2) is 8.78 Å². The topological polar surface area (TPSA) is 29.1 Å². The van der Waals surface area contributed by atoms with E-state index in [1.165, 1.54) is 13.8 Å². The Bertz CT molecular complexity index is 185. The molecule has 64 valence electrons. The number of carbonyl (C=O) groups is 1. The van der Waals surface area contributed by atoms with Gasteiger partial charge in [-0.3, -0.25) is 4.79 Å². The Hall–Kier alpha value is -0.930. The second-order valence-corrected chi connectivity index (χ2v) is 2.30. The summed E-state index contributed by atoms with van der Waals surface area (Å²) in [5, 5.41) is 2.21. The van der Waals surface area contributed by atoms with E-state index in [1.54, 1.807) is 0 Å². The fraction of sp³-hybridized carbons (Fsp3) is 0.571. The van der Waals surface area contributed by atoms with E-state index in [0.717, 1.165) is 6.92 Å². The zero-order chi connectivity index (χ0) is 9.02. The van der Waals surface area contributed by atoms with Crippen molar-refractivity contribution < 1.29 is 13.6 Å². The first-order chi connectivity index (χ1) is 4.95. The predicted octanol–water partition coefficient (Wildman–Crippen LogP) is 1.68. The number of halogens is 2. The summed E-state index contributed by atoms with van der Waals surface area (Å²) < 4.78 is 24.7. The van der Waals surface area contributed by atoms with Gasteiger partial charge in [0, 0.05) is 6.92 Å². The van der Waals surface area contributed by atoms with E-state index in [0.29, 0.717) is 0 Å². The standard InChI is InChI=1S/C7H11F2NO/c1-4(8)7(9)5(2)10-6(3)11/h5H,1-3H3,(H,10,11)/b7-4+/t5-/m0/s1. The Morgan fingerprint density at radius 2 is 1.82 bits per heavy atom. The first kappa shape index (κ1) is 10.1. The van der Waals surface area contributed by atoms with Crippen molar-refractivity contribution in [2.45, 2.75) is 26.8 Å². The molecule has 0 aromatic carbocycles. The Balaban J connectivity index is 4.15. The van der Waals surface area contributed by atoms with Crippen LogP contribution in [0.4, 0.5) is 8.78 Å². The fourth-order valence-electron chi connectivity index (χ4n) is 0.667. The number of amides is 1. The highest BCUT2D eigenvalue weighted by Crippen LogP contribution is 2.10. The van der Waals surface area contributed by atoms with Gasteiger partial charge < -0.3 is 5.32 Å². The second kappa shape index (κ2) is 4.05. The smallest absolute Gasteiger partial charge is 0.217 e. The number of allylic oxidation sites excluding steroid dienone is 1. The van der Waals surface area contributed by atoms with Crippen molar-refractivity contribution in [3.05, 3.63) is 11.7 Å². The fourth-order valence-corrected chi connectivity index (χ4v) is 0.667. The maximum absolute atomic E-state index is 12.6. The number of carbonyl (C=O) groups excluding carboxylic acids is 1. The van der Waals surface area contributed by atoms with Crippen LogP contribution >= 0.6 is 0 Å². The molecule has 2 nitrogen and oxygen atoms in total. The summed E-state index contributed by atoms with van der Waals surface area (Å²) in [5.74, 6) is -2.21. The maximum atomic E-state index is 12.6. The molecule has 0 aliphatic carbocycles. The first-order valence-electron chi connectivity index (χ1n) is 3.24. The third-order valence-corrected chi connectivity index (χ3v) is 1.13. The van der Waals surface area contributed by atoms with Gasteiger partial charge in [0.15, 0.2) is 5.83 Å². The van der Waals surface area contributed by atoms with Crippen LogP contribution in [0.3, 0.4) is 0 Å². The highest BCUT2D eigenvalue weighted by atomic mass is 19.2. The lowest BCUT2D eigenvalue weighted by atomic mass is 10.3. The zero-order valence-electron chi connectivity index (χ0n) is 6.74. The molecule has 11 heavy (non-hydrogen) atoms. The molecule has 1 N–H and O–H groups in total. The van der Waals surface area contributed by atoms with Gasteiger partial charge in [-0.15, -0.1) is 0 Å². The van der Waals surface area contributed by atoms with E-state index in [2.05, 4.69) is 5.32 Å². The normalized spacial score (nSPS) is 15.4. The van der Waals surface area contributed by atoms with E-state index in [-0.39, 0.29) is 5.91 Å². The van der Waals surface area contributed by atoms with E-state index < -0.39 is 17.7 Å². The van der Waals surface area contributed by atoms with Crippen molar-refractivity contribution in [3.63, 3.8) is 0 Å².